The average Bonchev–Trinajstić information content (AvgIpc) is 2.48. The first-order chi connectivity index (χ1) is 10.2. The molecule has 2 rings (SSSR count). The van der Waals surface area contributed by atoms with Crippen LogP contribution in [0.4, 0.5) is 5.69 Å². The lowest BCUT2D eigenvalue weighted by molar-refractivity contribution is -0.118. The lowest BCUT2D eigenvalue weighted by Crippen LogP contribution is -2.20. The normalized spacial score (nSPS) is 10.0. The molecule has 2 aromatic rings. The highest BCUT2D eigenvalue weighted by molar-refractivity contribution is 9.10. The summed E-state index contributed by atoms with van der Waals surface area (Å²) in [4.78, 5) is 11.9. The van der Waals surface area contributed by atoms with Crippen LogP contribution in [0.3, 0.4) is 0 Å². The Hall–Kier alpha value is -2.01. The topological polar surface area (TPSA) is 47.6 Å². The van der Waals surface area contributed by atoms with Gasteiger partial charge in [-0.05, 0) is 47.1 Å². The molecular formula is C16H16BrNO3. The van der Waals surface area contributed by atoms with Crippen molar-refractivity contribution in [1.82, 2.24) is 0 Å². The van der Waals surface area contributed by atoms with Crippen molar-refractivity contribution in [3.05, 3.63) is 53.0 Å². The fourth-order valence-corrected chi connectivity index (χ4v) is 2.10. The van der Waals surface area contributed by atoms with Gasteiger partial charge in [-0.25, -0.2) is 0 Å². The van der Waals surface area contributed by atoms with E-state index in [9.17, 15) is 4.79 Å². The van der Waals surface area contributed by atoms with E-state index in [-0.39, 0.29) is 12.5 Å². The molecule has 2 aromatic carbocycles. The fourth-order valence-electron chi connectivity index (χ4n) is 1.72. The van der Waals surface area contributed by atoms with Gasteiger partial charge < -0.3 is 14.8 Å². The molecule has 5 heteroatoms. The Kier molecular flexibility index (Phi) is 5.63. The zero-order valence-electron chi connectivity index (χ0n) is 11.6. The number of amides is 1. The zero-order valence-corrected chi connectivity index (χ0v) is 13.2. The van der Waals surface area contributed by atoms with Gasteiger partial charge >= 0.3 is 0 Å². The van der Waals surface area contributed by atoms with Crippen LogP contribution < -0.4 is 14.8 Å². The van der Waals surface area contributed by atoms with Crippen LogP contribution in [0.1, 0.15) is 6.92 Å². The average molecular weight is 350 g/mol. The van der Waals surface area contributed by atoms with Gasteiger partial charge in [-0.3, -0.25) is 4.79 Å². The Morgan fingerprint density at radius 3 is 2.52 bits per heavy atom. The quantitative estimate of drug-likeness (QED) is 0.861. The van der Waals surface area contributed by atoms with Gasteiger partial charge in [-0.2, -0.15) is 0 Å². The number of nitrogens with one attached hydrogen (secondary N) is 1. The van der Waals surface area contributed by atoms with Crippen molar-refractivity contribution in [2.24, 2.45) is 0 Å². The van der Waals surface area contributed by atoms with E-state index in [0.29, 0.717) is 18.0 Å². The van der Waals surface area contributed by atoms with Crippen LogP contribution in [0.2, 0.25) is 0 Å². The monoisotopic (exact) mass is 349 g/mol. The van der Waals surface area contributed by atoms with Gasteiger partial charge in [0.05, 0.1) is 12.3 Å². The molecule has 0 heterocycles. The molecule has 0 aliphatic heterocycles. The second kappa shape index (κ2) is 7.69. The molecule has 0 saturated carbocycles. The molecule has 110 valence electrons. The molecule has 0 bridgehead atoms. The maximum absolute atomic E-state index is 11.9. The van der Waals surface area contributed by atoms with E-state index < -0.39 is 0 Å². The van der Waals surface area contributed by atoms with Gasteiger partial charge in [0.25, 0.3) is 5.91 Å². The lowest BCUT2D eigenvalue weighted by Gasteiger charge is -2.10. The fraction of sp³-hybridized carbons (Fsp3) is 0.188. The number of carbonyl (C=O) groups excluding carboxylic acids is 1. The van der Waals surface area contributed by atoms with E-state index >= 15 is 0 Å². The van der Waals surface area contributed by atoms with E-state index in [1.165, 1.54) is 0 Å². The van der Waals surface area contributed by atoms with Crippen molar-refractivity contribution in [3.63, 3.8) is 0 Å². The van der Waals surface area contributed by atoms with Crippen LogP contribution in [-0.2, 0) is 4.79 Å². The number of benzene rings is 2. The maximum atomic E-state index is 11.9. The molecule has 0 atom stereocenters. The minimum absolute atomic E-state index is 0.0586. The van der Waals surface area contributed by atoms with Gasteiger partial charge in [0, 0.05) is 10.5 Å². The van der Waals surface area contributed by atoms with Crippen molar-refractivity contribution in [2.75, 3.05) is 18.5 Å². The predicted octanol–water partition coefficient (Wildman–Crippen LogP) is 3.87. The van der Waals surface area contributed by atoms with Crippen LogP contribution >= 0.6 is 15.9 Å². The second-order valence-corrected chi connectivity index (χ2v) is 5.08. The molecule has 21 heavy (non-hydrogen) atoms. The molecule has 0 aromatic heterocycles. The van der Waals surface area contributed by atoms with Crippen molar-refractivity contribution < 1.29 is 14.3 Å². The first-order valence-electron chi connectivity index (χ1n) is 6.59. The van der Waals surface area contributed by atoms with E-state index in [1.807, 2.05) is 43.3 Å². The lowest BCUT2D eigenvalue weighted by atomic mass is 10.3. The first-order valence-corrected chi connectivity index (χ1v) is 7.38. The summed E-state index contributed by atoms with van der Waals surface area (Å²) in [5, 5.41) is 2.78. The van der Waals surface area contributed by atoms with E-state index in [0.717, 1.165) is 10.2 Å². The van der Waals surface area contributed by atoms with Crippen LogP contribution in [0.5, 0.6) is 11.5 Å². The van der Waals surface area contributed by atoms with Gasteiger partial charge in [0.1, 0.15) is 11.5 Å². The Labute approximate surface area is 132 Å². The Balaban J connectivity index is 1.89. The van der Waals surface area contributed by atoms with Crippen LogP contribution in [0, 0.1) is 0 Å². The Morgan fingerprint density at radius 1 is 1.10 bits per heavy atom. The molecule has 0 fully saturated rings. The molecule has 0 spiro atoms. The van der Waals surface area contributed by atoms with Crippen LogP contribution in [0.15, 0.2) is 53.0 Å². The third-order valence-corrected chi connectivity index (χ3v) is 3.33. The summed E-state index contributed by atoms with van der Waals surface area (Å²) < 4.78 is 11.7. The van der Waals surface area contributed by atoms with E-state index in [4.69, 9.17) is 9.47 Å². The highest BCUT2D eigenvalue weighted by Crippen LogP contribution is 2.22. The molecular weight excluding hydrogens is 334 g/mol. The van der Waals surface area contributed by atoms with Crippen LogP contribution in [0.25, 0.3) is 0 Å². The standard InChI is InChI=1S/C16H16BrNO3/c1-2-20-12-6-5-7-13(10-12)21-11-16(19)18-15-9-4-3-8-14(15)17/h3-10H,2,11H2,1H3,(H,18,19). The van der Waals surface area contributed by atoms with Crippen molar-refractivity contribution >= 4 is 27.5 Å². The molecule has 0 saturated heterocycles. The minimum atomic E-state index is -0.219. The number of halogens is 1. The number of hydrogen-bond donors (Lipinski definition) is 1. The first kappa shape index (κ1) is 15.4. The molecule has 0 aliphatic carbocycles. The molecule has 4 nitrogen and oxygen atoms in total. The van der Waals surface area contributed by atoms with Gasteiger partial charge in [-0.15, -0.1) is 0 Å². The highest BCUT2D eigenvalue weighted by Gasteiger charge is 2.06. The van der Waals surface area contributed by atoms with Crippen LogP contribution in [-0.4, -0.2) is 19.1 Å². The number of para-hydroxylation sites is 1. The number of anilines is 1. The summed E-state index contributed by atoms with van der Waals surface area (Å²) in [6, 6.07) is 14.6. The van der Waals surface area contributed by atoms with Gasteiger partial charge in [-0.1, -0.05) is 18.2 Å². The summed E-state index contributed by atoms with van der Waals surface area (Å²) in [6.45, 7) is 2.45. The number of rotatable bonds is 6. The predicted molar refractivity (Wildman–Crippen MR) is 85.9 cm³/mol. The largest absolute Gasteiger partial charge is 0.494 e. The second-order valence-electron chi connectivity index (χ2n) is 4.22. The Bertz CT molecular complexity index is 616. The summed E-state index contributed by atoms with van der Waals surface area (Å²) >= 11 is 3.38. The molecule has 0 radical (unpaired) electrons. The summed E-state index contributed by atoms with van der Waals surface area (Å²) in [5.41, 5.74) is 0.717. The summed E-state index contributed by atoms with van der Waals surface area (Å²) in [7, 11) is 0. The number of carbonyl (C=O) groups is 1. The summed E-state index contributed by atoms with van der Waals surface area (Å²) in [6.07, 6.45) is 0. The third kappa shape index (κ3) is 4.79. The SMILES string of the molecule is CCOc1cccc(OCC(=O)Nc2ccccc2Br)c1. The third-order valence-electron chi connectivity index (χ3n) is 2.63. The van der Waals surface area contributed by atoms with Crippen molar-refractivity contribution in [1.29, 1.82) is 0 Å². The van der Waals surface area contributed by atoms with E-state index in [2.05, 4.69) is 21.2 Å². The summed E-state index contributed by atoms with van der Waals surface area (Å²) in [5.74, 6) is 1.10. The minimum Gasteiger partial charge on any atom is -0.494 e. The zero-order chi connectivity index (χ0) is 15.1. The molecule has 1 amide bonds. The molecule has 1 N–H and O–H groups in total. The molecule has 0 unspecified atom stereocenters. The molecule has 0 aliphatic rings. The van der Waals surface area contributed by atoms with E-state index in [1.54, 1.807) is 12.1 Å². The Morgan fingerprint density at radius 2 is 1.81 bits per heavy atom. The van der Waals surface area contributed by atoms with Crippen molar-refractivity contribution in [2.45, 2.75) is 6.92 Å². The maximum Gasteiger partial charge on any atom is 0.262 e. The number of hydrogen-bond acceptors (Lipinski definition) is 3. The smallest absolute Gasteiger partial charge is 0.262 e. The number of ether oxygens (including phenoxy) is 2. The van der Waals surface area contributed by atoms with Gasteiger partial charge in [0.2, 0.25) is 0 Å². The highest BCUT2D eigenvalue weighted by atomic mass is 79.9. The van der Waals surface area contributed by atoms with Gasteiger partial charge in [0.15, 0.2) is 6.61 Å². The van der Waals surface area contributed by atoms with Crippen molar-refractivity contribution in [3.8, 4) is 11.5 Å².